The molecule has 0 amide bonds. The molecule has 2 heterocycles. The zero-order valence-corrected chi connectivity index (χ0v) is 17.3. The summed E-state index contributed by atoms with van der Waals surface area (Å²) in [6.45, 7) is 2.71. The van der Waals surface area contributed by atoms with E-state index in [-0.39, 0.29) is 0 Å². The second-order valence-corrected chi connectivity index (χ2v) is 10.9. The van der Waals surface area contributed by atoms with E-state index >= 15 is 0 Å². The first-order chi connectivity index (χ1) is 11.9. The standard InChI is InChI=1S/C6H14O7P2.C6H13O4P/c1-14(7,8)13-15(9,10)12-6-4-2-3-5-11-6;1-11(7,8)10-6-4-2-3-5-9-6/h6H,2-5H2,1H3,(H,7,8)(H,9,10);6H,2-5H2,1H3,(H,7,8)/p-3/t2*6-/m11/s1. The third kappa shape index (κ3) is 12.7. The highest BCUT2D eigenvalue weighted by molar-refractivity contribution is 7.62. The van der Waals surface area contributed by atoms with Crippen molar-refractivity contribution in [1.82, 2.24) is 0 Å². The molecule has 0 aromatic heterocycles. The first kappa shape index (κ1) is 24.4. The predicted octanol–water partition coefficient (Wildman–Crippen LogP) is 0.911. The van der Waals surface area contributed by atoms with Gasteiger partial charge in [0.2, 0.25) is 0 Å². The first-order valence-electron chi connectivity index (χ1n) is 8.06. The molecule has 0 aromatic carbocycles. The molecule has 0 radical (unpaired) electrons. The van der Waals surface area contributed by atoms with Crippen LogP contribution in [0.15, 0.2) is 0 Å². The van der Waals surface area contributed by atoms with Gasteiger partial charge in [-0.25, -0.2) is 0 Å². The predicted molar refractivity (Wildman–Crippen MR) is 85.1 cm³/mol. The van der Waals surface area contributed by atoms with Crippen LogP contribution in [0.1, 0.15) is 38.5 Å². The van der Waals surface area contributed by atoms with Crippen LogP contribution in [0.4, 0.5) is 0 Å². The van der Waals surface area contributed by atoms with E-state index in [1.807, 2.05) is 0 Å². The molecular formula is C12H24O11P3-3. The summed E-state index contributed by atoms with van der Waals surface area (Å²) < 4.78 is 55.2. The Labute approximate surface area is 152 Å². The maximum atomic E-state index is 11.0. The molecule has 156 valence electrons. The zero-order chi connectivity index (χ0) is 19.8. The van der Waals surface area contributed by atoms with Crippen LogP contribution < -0.4 is 14.7 Å². The maximum Gasteiger partial charge on any atom is 0.275 e. The molecule has 0 N–H and O–H groups in total. The summed E-state index contributed by atoms with van der Waals surface area (Å²) in [6.07, 6.45) is 3.19. The maximum absolute atomic E-state index is 11.0. The van der Waals surface area contributed by atoms with Gasteiger partial charge in [-0.05, 0) is 38.5 Å². The van der Waals surface area contributed by atoms with Gasteiger partial charge >= 0.3 is 0 Å². The van der Waals surface area contributed by atoms with E-state index in [4.69, 9.17) is 9.47 Å². The first-order valence-corrected chi connectivity index (χ1v) is 13.5. The molecule has 2 aliphatic rings. The number of phosphoric acid groups is 1. The van der Waals surface area contributed by atoms with E-state index in [1.54, 1.807) is 0 Å². The summed E-state index contributed by atoms with van der Waals surface area (Å²) in [5.41, 5.74) is 0. The van der Waals surface area contributed by atoms with Crippen LogP contribution in [-0.4, -0.2) is 39.1 Å². The van der Waals surface area contributed by atoms with Gasteiger partial charge in [-0.1, -0.05) is 0 Å². The van der Waals surface area contributed by atoms with E-state index < -0.39 is 35.6 Å². The van der Waals surface area contributed by atoms with Crippen molar-refractivity contribution in [3.63, 3.8) is 0 Å². The van der Waals surface area contributed by atoms with Crippen LogP contribution in [0.3, 0.4) is 0 Å². The van der Waals surface area contributed by atoms with Crippen molar-refractivity contribution in [3.05, 3.63) is 0 Å². The monoisotopic (exact) mass is 437 g/mol. The summed E-state index contributed by atoms with van der Waals surface area (Å²) in [4.78, 5) is 32.3. The Balaban J connectivity index is 0.000000273. The van der Waals surface area contributed by atoms with Crippen LogP contribution in [0.25, 0.3) is 0 Å². The Bertz CT molecular complexity index is 545. The molecule has 0 spiro atoms. The molecule has 11 nitrogen and oxygen atoms in total. The Hall–Kier alpha value is 0.370. The number of hydrogen-bond donors (Lipinski definition) is 0. The highest BCUT2D eigenvalue weighted by Crippen LogP contribution is 2.53. The lowest BCUT2D eigenvalue weighted by Crippen LogP contribution is -2.24. The molecule has 2 rings (SSSR count). The van der Waals surface area contributed by atoms with Crippen LogP contribution >= 0.6 is 23.0 Å². The Kier molecular flexibility index (Phi) is 10.1. The van der Waals surface area contributed by atoms with Gasteiger partial charge in [0.15, 0.2) is 12.6 Å². The summed E-state index contributed by atoms with van der Waals surface area (Å²) in [5, 5.41) is 0. The van der Waals surface area contributed by atoms with E-state index in [9.17, 15) is 28.4 Å². The molecule has 0 saturated carbocycles. The van der Waals surface area contributed by atoms with Crippen molar-refractivity contribution in [2.75, 3.05) is 26.5 Å². The smallest absolute Gasteiger partial charge is 0.275 e. The SMILES string of the molecule is CP(=O)([O-])OP(=O)([O-])O[C@@H]1CCCCO1.CP(=O)([O-])O[C@@H]1CCCCO1. The summed E-state index contributed by atoms with van der Waals surface area (Å²) in [5.74, 6) is 0. The van der Waals surface area contributed by atoms with Crippen LogP contribution in [0, 0.1) is 0 Å². The van der Waals surface area contributed by atoms with E-state index in [0.717, 1.165) is 32.3 Å². The van der Waals surface area contributed by atoms with Gasteiger partial charge in [0.1, 0.15) is 15.2 Å². The van der Waals surface area contributed by atoms with Crippen molar-refractivity contribution < 1.29 is 51.2 Å². The molecule has 2 fully saturated rings. The van der Waals surface area contributed by atoms with Crippen LogP contribution in [0.5, 0.6) is 0 Å². The lowest BCUT2D eigenvalue weighted by Gasteiger charge is -2.33. The molecule has 14 heteroatoms. The Morgan fingerprint density at radius 2 is 1.23 bits per heavy atom. The van der Waals surface area contributed by atoms with Gasteiger partial charge in [0, 0.05) is 26.5 Å². The van der Waals surface area contributed by atoms with Gasteiger partial charge in [-0.3, -0.25) is 13.4 Å². The van der Waals surface area contributed by atoms with E-state index in [1.165, 1.54) is 0 Å². The number of rotatable bonds is 6. The molecule has 3 unspecified atom stereocenters. The lowest BCUT2D eigenvalue weighted by atomic mass is 10.2. The van der Waals surface area contributed by atoms with Gasteiger partial charge in [-0.15, -0.1) is 0 Å². The fourth-order valence-corrected chi connectivity index (χ4v) is 4.80. The van der Waals surface area contributed by atoms with Crippen LogP contribution in [0.2, 0.25) is 0 Å². The average molecular weight is 437 g/mol. The second kappa shape index (κ2) is 10.8. The van der Waals surface area contributed by atoms with E-state index in [2.05, 4.69) is 13.4 Å². The minimum Gasteiger partial charge on any atom is -0.779 e. The third-order valence-corrected chi connectivity index (χ3v) is 6.18. The molecule has 5 atom stereocenters. The Morgan fingerprint density at radius 1 is 0.769 bits per heavy atom. The van der Waals surface area contributed by atoms with Crippen LogP contribution in [-0.2, 0) is 36.5 Å². The largest absolute Gasteiger partial charge is 0.779 e. The average Bonchev–Trinajstić information content (AvgIpc) is 2.45. The minimum atomic E-state index is -4.83. The van der Waals surface area contributed by atoms with Crippen molar-refractivity contribution in [2.24, 2.45) is 0 Å². The molecule has 2 aliphatic heterocycles. The molecule has 2 saturated heterocycles. The highest BCUT2D eigenvalue weighted by Gasteiger charge is 2.23. The highest BCUT2D eigenvalue weighted by atomic mass is 31.3. The van der Waals surface area contributed by atoms with E-state index in [0.29, 0.717) is 32.7 Å². The topological polar surface area (TPSA) is 167 Å². The third-order valence-electron chi connectivity index (χ3n) is 3.08. The summed E-state index contributed by atoms with van der Waals surface area (Å²) in [7, 11) is -12.8. The molecule has 26 heavy (non-hydrogen) atoms. The second-order valence-electron chi connectivity index (χ2n) is 5.87. The van der Waals surface area contributed by atoms with Gasteiger partial charge < -0.3 is 37.8 Å². The van der Waals surface area contributed by atoms with Gasteiger partial charge in [0.25, 0.3) is 7.82 Å². The number of phosphoric ester groups is 1. The van der Waals surface area contributed by atoms with Crippen molar-refractivity contribution in [3.8, 4) is 0 Å². The van der Waals surface area contributed by atoms with Crippen molar-refractivity contribution in [1.29, 1.82) is 0 Å². The van der Waals surface area contributed by atoms with Gasteiger partial charge in [-0.2, -0.15) is 0 Å². The molecule has 0 bridgehead atoms. The normalized spacial score (nSPS) is 30.8. The molecule has 0 aromatic rings. The number of hydrogen-bond acceptors (Lipinski definition) is 11. The number of ether oxygens (including phenoxy) is 2. The van der Waals surface area contributed by atoms with Crippen molar-refractivity contribution >= 4 is 23.0 Å². The minimum absolute atomic E-state index is 0.395. The Morgan fingerprint density at radius 3 is 1.58 bits per heavy atom. The van der Waals surface area contributed by atoms with Crippen molar-refractivity contribution in [2.45, 2.75) is 51.1 Å². The molecular weight excluding hydrogens is 413 g/mol. The lowest BCUT2D eigenvalue weighted by molar-refractivity contribution is -0.249. The van der Waals surface area contributed by atoms with Gasteiger partial charge in [0.05, 0.1) is 0 Å². The summed E-state index contributed by atoms with van der Waals surface area (Å²) >= 11 is 0. The fourth-order valence-electron chi connectivity index (χ4n) is 2.15. The zero-order valence-electron chi connectivity index (χ0n) is 14.6. The fraction of sp³-hybridized carbons (Fsp3) is 1.00. The molecule has 0 aliphatic carbocycles. The quantitative estimate of drug-likeness (QED) is 0.542. The summed E-state index contributed by atoms with van der Waals surface area (Å²) in [6, 6.07) is 0.